The summed E-state index contributed by atoms with van der Waals surface area (Å²) >= 11 is 6.55. The highest BCUT2D eigenvalue weighted by atomic mass is 35.5. The summed E-state index contributed by atoms with van der Waals surface area (Å²) in [5, 5.41) is 19.4. The topological polar surface area (TPSA) is 120 Å². The molecule has 1 N–H and O–H groups in total. The molecule has 4 fully saturated rings. The SMILES string of the molecule is CC(C)C1=C2C3CCC4C5(C)CCC(OC(=O)CC(C)(C)C(=O)O)C(C)(C)[C@@H]5CC[C@@]4(C)[C@]3(C)CC[C@@]2(c2nnc(-c3ccccc3Cl)o2)CC1=O. The molecule has 0 spiro atoms. The van der Waals surface area contributed by atoms with Gasteiger partial charge in [0.2, 0.25) is 11.8 Å². The summed E-state index contributed by atoms with van der Waals surface area (Å²) in [5.74, 6) is 0.904. The molecule has 0 radical (unpaired) electrons. The van der Waals surface area contributed by atoms with Crippen LogP contribution in [0.4, 0.5) is 0 Å². The monoisotopic (exact) mass is 732 g/mol. The molecule has 1 aromatic carbocycles. The van der Waals surface area contributed by atoms with Crippen molar-refractivity contribution in [1.82, 2.24) is 10.2 Å². The minimum atomic E-state index is -1.17. The fourth-order valence-electron chi connectivity index (χ4n) is 12.9. The molecule has 2 aromatic rings. The number of hydrogen-bond acceptors (Lipinski definition) is 7. The van der Waals surface area contributed by atoms with Crippen molar-refractivity contribution < 1.29 is 28.6 Å². The molecule has 8 nitrogen and oxygen atoms in total. The van der Waals surface area contributed by atoms with E-state index in [4.69, 9.17) is 20.8 Å². The number of ketones is 1. The third-order valence-corrected chi connectivity index (χ3v) is 16.1. The van der Waals surface area contributed by atoms with E-state index in [0.29, 0.717) is 40.6 Å². The van der Waals surface area contributed by atoms with E-state index in [1.807, 2.05) is 24.3 Å². The number of carboxylic acid groups (broad SMARTS) is 1. The van der Waals surface area contributed by atoms with Crippen molar-refractivity contribution in [2.45, 2.75) is 138 Å². The quantitative estimate of drug-likeness (QED) is 0.279. The Morgan fingerprint density at radius 3 is 2.35 bits per heavy atom. The Morgan fingerprint density at radius 2 is 1.67 bits per heavy atom. The number of carbonyl (C=O) groups is 3. The Hall–Kier alpha value is -3.00. The third-order valence-electron chi connectivity index (χ3n) is 15.7. The Morgan fingerprint density at radius 1 is 0.962 bits per heavy atom. The number of ether oxygens (including phenoxy) is 1. The number of allylic oxidation sites excluding steroid dienone is 2. The molecule has 0 bridgehead atoms. The number of hydrogen-bond donors (Lipinski definition) is 1. The van der Waals surface area contributed by atoms with E-state index in [0.717, 1.165) is 56.9 Å². The van der Waals surface area contributed by atoms with Crippen LogP contribution in [0.15, 0.2) is 39.8 Å². The number of nitrogens with zero attached hydrogens (tertiary/aromatic N) is 2. The van der Waals surface area contributed by atoms with E-state index in [1.165, 1.54) is 5.57 Å². The van der Waals surface area contributed by atoms with Gasteiger partial charge in [0.1, 0.15) is 6.10 Å². The van der Waals surface area contributed by atoms with Crippen molar-refractivity contribution in [3.8, 4) is 11.5 Å². The molecule has 1 heterocycles. The lowest BCUT2D eigenvalue weighted by Crippen LogP contribution is -2.66. The lowest BCUT2D eigenvalue weighted by atomic mass is 9.33. The van der Waals surface area contributed by atoms with E-state index in [-0.39, 0.29) is 51.8 Å². The zero-order valence-electron chi connectivity index (χ0n) is 32.5. The van der Waals surface area contributed by atoms with Crippen molar-refractivity contribution in [2.75, 3.05) is 0 Å². The Balaban J connectivity index is 1.21. The number of Topliss-reactive ketones (excluding diaryl/α,β-unsaturated/α-hetero) is 1. The molecule has 5 aliphatic rings. The van der Waals surface area contributed by atoms with Gasteiger partial charge in [-0.3, -0.25) is 14.4 Å². The maximum atomic E-state index is 14.1. The van der Waals surface area contributed by atoms with E-state index >= 15 is 0 Å². The minimum Gasteiger partial charge on any atom is -0.481 e. The van der Waals surface area contributed by atoms with Gasteiger partial charge in [0.15, 0.2) is 5.78 Å². The number of fused-ring (bicyclic) bond motifs is 7. The zero-order chi connectivity index (χ0) is 37.8. The van der Waals surface area contributed by atoms with Crippen molar-refractivity contribution in [3.05, 3.63) is 46.3 Å². The molecule has 1 aromatic heterocycles. The van der Waals surface area contributed by atoms with Crippen LogP contribution in [0.2, 0.25) is 5.02 Å². The van der Waals surface area contributed by atoms with Crippen molar-refractivity contribution in [1.29, 1.82) is 0 Å². The Bertz CT molecular complexity index is 1840. The summed E-state index contributed by atoms with van der Waals surface area (Å²) < 4.78 is 12.7. The third kappa shape index (κ3) is 5.22. The fraction of sp³-hybridized carbons (Fsp3) is 0.698. The maximum Gasteiger partial charge on any atom is 0.309 e. The molecular weight excluding hydrogens is 676 g/mol. The van der Waals surface area contributed by atoms with Crippen LogP contribution in [0.3, 0.4) is 0 Å². The molecule has 4 saturated carbocycles. The average Bonchev–Trinajstić information content (AvgIpc) is 3.66. The first-order chi connectivity index (χ1) is 24.2. The summed E-state index contributed by atoms with van der Waals surface area (Å²) in [6.45, 7) is 19.6. The summed E-state index contributed by atoms with van der Waals surface area (Å²) in [6, 6.07) is 7.51. The second-order valence-electron chi connectivity index (χ2n) is 19.4. The standard InChI is InChI=1S/C43H57ClN2O6/c1-24(2)33-28(47)22-43(36-46-45-35(52-36)25-12-10-11-13-27(25)44)21-20-41(8)26(34(33)43)14-15-30-40(7)18-17-31(51-32(48)23-38(3,4)37(49)50)39(5,6)29(40)16-19-42(30,41)9/h10-13,24,26,29-31H,14-23H2,1-9H3,(H,49,50)/t26?,29-,30?,31?,40?,41+,42+,43+/m0/s1. The molecule has 4 unspecified atom stereocenters. The second-order valence-corrected chi connectivity index (χ2v) is 19.8. The molecule has 5 aliphatic carbocycles. The van der Waals surface area contributed by atoms with Crippen LogP contribution in [0.25, 0.3) is 11.5 Å². The normalized spacial score (nSPS) is 36.9. The summed E-state index contributed by atoms with van der Waals surface area (Å²) in [5.41, 5.74) is 0.987. The highest BCUT2D eigenvalue weighted by Gasteiger charge is 2.71. The van der Waals surface area contributed by atoms with Gasteiger partial charge in [0, 0.05) is 11.8 Å². The Kier molecular flexibility index (Phi) is 8.80. The van der Waals surface area contributed by atoms with Crippen LogP contribution < -0.4 is 0 Å². The molecule has 9 heteroatoms. The predicted octanol–water partition coefficient (Wildman–Crippen LogP) is 10.0. The Labute approximate surface area is 313 Å². The fourth-order valence-corrected chi connectivity index (χ4v) is 13.1. The number of rotatable bonds is 7. The van der Waals surface area contributed by atoms with Crippen molar-refractivity contribution in [2.24, 2.45) is 50.7 Å². The first kappa shape index (κ1) is 37.3. The maximum absolute atomic E-state index is 14.1. The van der Waals surface area contributed by atoms with Gasteiger partial charge in [-0.25, -0.2) is 0 Å². The van der Waals surface area contributed by atoms with Crippen molar-refractivity contribution >= 4 is 29.3 Å². The van der Waals surface area contributed by atoms with Gasteiger partial charge in [-0.2, -0.15) is 0 Å². The summed E-state index contributed by atoms with van der Waals surface area (Å²) in [7, 11) is 0. The summed E-state index contributed by atoms with van der Waals surface area (Å²) in [6.07, 6.45) is 7.70. The van der Waals surface area contributed by atoms with Crippen LogP contribution in [0, 0.1) is 50.7 Å². The summed E-state index contributed by atoms with van der Waals surface area (Å²) in [4.78, 5) is 39.0. The zero-order valence-corrected chi connectivity index (χ0v) is 33.3. The predicted molar refractivity (Wildman–Crippen MR) is 199 cm³/mol. The number of esters is 1. The van der Waals surface area contributed by atoms with Gasteiger partial charge in [-0.15, -0.1) is 10.2 Å². The molecular formula is C43H57ClN2O6. The van der Waals surface area contributed by atoms with Gasteiger partial charge in [-0.1, -0.05) is 72.2 Å². The molecule has 282 valence electrons. The molecule has 7 rings (SSSR count). The van der Waals surface area contributed by atoms with Crippen LogP contribution in [-0.4, -0.2) is 39.1 Å². The molecule has 8 atom stereocenters. The lowest BCUT2D eigenvalue weighted by molar-refractivity contribution is -0.232. The van der Waals surface area contributed by atoms with Gasteiger partial charge < -0.3 is 14.3 Å². The number of aliphatic carboxylic acids is 1. The van der Waals surface area contributed by atoms with Crippen LogP contribution in [0.1, 0.15) is 132 Å². The largest absolute Gasteiger partial charge is 0.481 e. The lowest BCUT2D eigenvalue weighted by Gasteiger charge is -2.72. The van der Waals surface area contributed by atoms with Gasteiger partial charge >= 0.3 is 11.9 Å². The van der Waals surface area contributed by atoms with E-state index in [2.05, 4.69) is 58.7 Å². The van der Waals surface area contributed by atoms with Crippen molar-refractivity contribution in [3.63, 3.8) is 0 Å². The number of aromatic nitrogens is 2. The van der Waals surface area contributed by atoms with E-state index in [1.54, 1.807) is 13.8 Å². The van der Waals surface area contributed by atoms with Crippen LogP contribution in [-0.2, 0) is 24.5 Å². The van der Waals surface area contributed by atoms with E-state index < -0.39 is 22.8 Å². The smallest absolute Gasteiger partial charge is 0.309 e. The second kappa shape index (κ2) is 12.3. The first-order valence-corrected chi connectivity index (χ1v) is 19.9. The molecule has 0 saturated heterocycles. The highest BCUT2D eigenvalue weighted by Crippen LogP contribution is 2.76. The molecule has 52 heavy (non-hydrogen) atoms. The molecule has 0 aliphatic heterocycles. The number of carboxylic acids is 1. The highest BCUT2D eigenvalue weighted by molar-refractivity contribution is 6.33. The number of carbonyl (C=O) groups excluding carboxylic acids is 2. The van der Waals surface area contributed by atoms with Crippen LogP contribution >= 0.6 is 11.6 Å². The van der Waals surface area contributed by atoms with Crippen LogP contribution in [0.5, 0.6) is 0 Å². The van der Waals surface area contributed by atoms with Gasteiger partial charge in [0.25, 0.3) is 0 Å². The van der Waals surface area contributed by atoms with Gasteiger partial charge in [0.05, 0.1) is 27.8 Å². The van der Waals surface area contributed by atoms with E-state index in [9.17, 15) is 19.5 Å². The molecule has 0 amide bonds. The number of halogens is 1. The van der Waals surface area contributed by atoms with Gasteiger partial charge in [-0.05, 0) is 128 Å². The average molecular weight is 733 g/mol. The first-order valence-electron chi connectivity index (χ1n) is 19.5. The number of benzene rings is 1. The minimum absolute atomic E-state index is 0.0328.